The van der Waals surface area contributed by atoms with Crippen LogP contribution in [-0.2, 0) is 4.74 Å². The molecule has 0 spiro atoms. The van der Waals surface area contributed by atoms with E-state index in [4.69, 9.17) is 4.74 Å². The number of piperidine rings is 3. The molecule has 0 saturated carbocycles. The summed E-state index contributed by atoms with van der Waals surface area (Å²) in [6, 6.07) is 19.7. The molecule has 2 aromatic carbocycles. The number of carbonyl (C=O) groups excluding carboxylic acids is 1. The topological polar surface area (TPSA) is 43.6 Å². The molecule has 0 radical (unpaired) electrons. The molecule has 152 valence electrons. The summed E-state index contributed by atoms with van der Waals surface area (Å²) in [5, 5.41) is 1.06. The van der Waals surface area contributed by atoms with Gasteiger partial charge >= 0.3 is 5.97 Å². The van der Waals surface area contributed by atoms with Crippen LogP contribution < -0.4 is 4.90 Å². The van der Waals surface area contributed by atoms with Crippen molar-refractivity contribution in [1.82, 2.24) is 4.98 Å². The van der Waals surface area contributed by atoms with Crippen LogP contribution in [0.15, 0.2) is 79.5 Å². The fraction of sp³-hybridized carbons (Fsp3) is 0.308. The van der Waals surface area contributed by atoms with Crippen LogP contribution in [0.25, 0.3) is 10.9 Å². The Morgan fingerprint density at radius 3 is 2.70 bits per heavy atom. The molecule has 0 amide bonds. The second kappa shape index (κ2) is 8.04. The van der Waals surface area contributed by atoms with Crippen molar-refractivity contribution in [3.8, 4) is 0 Å². The van der Waals surface area contributed by atoms with Crippen molar-refractivity contribution in [2.75, 3.05) is 13.1 Å². The molecule has 5 atom stereocenters. The van der Waals surface area contributed by atoms with Crippen LogP contribution in [0, 0.1) is 11.8 Å². The fourth-order valence-electron chi connectivity index (χ4n) is 5.38. The highest BCUT2D eigenvalue weighted by Crippen LogP contribution is 2.36. The van der Waals surface area contributed by atoms with E-state index in [9.17, 15) is 4.79 Å². The van der Waals surface area contributed by atoms with Crippen molar-refractivity contribution in [2.24, 2.45) is 11.8 Å². The van der Waals surface area contributed by atoms with E-state index in [1.54, 1.807) is 0 Å². The molecule has 3 fully saturated rings. The Bertz CT molecular complexity index is 1060. The predicted molar refractivity (Wildman–Crippen MR) is 117 cm³/mol. The van der Waals surface area contributed by atoms with Crippen LogP contribution in [0.2, 0.25) is 0 Å². The third-order valence-electron chi connectivity index (χ3n) is 6.92. The number of hydrogen-bond donors (Lipinski definition) is 1. The number of quaternary nitrogens is 1. The van der Waals surface area contributed by atoms with E-state index < -0.39 is 0 Å². The standard InChI is InChI=1S/C26H26N2O2/c1-2-18-17-28-15-13-20(18)16-24(28)25(30-26(29)19-8-4-3-5-9-19)22-12-14-27-23-11-7-6-10-21(22)23/h2-12,14,18,20,24-25H,1,13,15-17H2/p+1/t18-,20+,24-,25+/m1/s1. The van der Waals surface area contributed by atoms with Gasteiger partial charge in [0.1, 0.15) is 6.04 Å². The highest BCUT2D eigenvalue weighted by atomic mass is 16.5. The Kier molecular flexibility index (Phi) is 5.09. The Labute approximate surface area is 177 Å². The van der Waals surface area contributed by atoms with E-state index in [-0.39, 0.29) is 18.1 Å². The summed E-state index contributed by atoms with van der Waals surface area (Å²) in [6.45, 7) is 6.25. The number of ether oxygens (including phenoxy) is 1. The highest BCUT2D eigenvalue weighted by Gasteiger charge is 2.47. The Hall–Kier alpha value is -2.98. The Morgan fingerprint density at radius 2 is 1.93 bits per heavy atom. The van der Waals surface area contributed by atoms with E-state index in [0.29, 0.717) is 17.4 Å². The number of para-hydroxylation sites is 1. The second-order valence-electron chi connectivity index (χ2n) is 8.51. The molecule has 3 aliphatic rings. The van der Waals surface area contributed by atoms with Gasteiger partial charge < -0.3 is 9.64 Å². The summed E-state index contributed by atoms with van der Waals surface area (Å²) in [7, 11) is 0. The fourth-order valence-corrected chi connectivity index (χ4v) is 5.38. The molecule has 1 N–H and O–H groups in total. The smallest absolute Gasteiger partial charge is 0.338 e. The lowest BCUT2D eigenvalue weighted by molar-refractivity contribution is -0.949. The summed E-state index contributed by atoms with van der Waals surface area (Å²) in [4.78, 5) is 19.1. The third kappa shape index (κ3) is 3.41. The van der Waals surface area contributed by atoms with E-state index in [1.807, 2.05) is 60.8 Å². The van der Waals surface area contributed by atoms with Gasteiger partial charge in [0.2, 0.25) is 0 Å². The molecule has 1 aromatic heterocycles. The number of pyridine rings is 1. The summed E-state index contributed by atoms with van der Waals surface area (Å²) in [5.41, 5.74) is 2.59. The maximum atomic E-state index is 13.1. The van der Waals surface area contributed by atoms with E-state index in [2.05, 4.69) is 23.7 Å². The first kappa shape index (κ1) is 19.0. The summed E-state index contributed by atoms with van der Waals surface area (Å²) in [5.74, 6) is 0.921. The first-order chi connectivity index (χ1) is 14.7. The molecule has 1 unspecified atom stereocenters. The summed E-state index contributed by atoms with van der Waals surface area (Å²) in [6.07, 6.45) is 5.93. The van der Waals surface area contributed by atoms with E-state index >= 15 is 0 Å². The molecule has 2 bridgehead atoms. The minimum atomic E-state index is -0.297. The minimum Gasteiger partial charge on any atom is -0.447 e. The van der Waals surface area contributed by atoms with Gasteiger partial charge in [-0.25, -0.2) is 4.79 Å². The molecular formula is C26H27N2O2+. The van der Waals surface area contributed by atoms with Gasteiger partial charge in [0.15, 0.2) is 6.10 Å². The van der Waals surface area contributed by atoms with Gasteiger partial charge in [-0.2, -0.15) is 0 Å². The summed E-state index contributed by atoms with van der Waals surface area (Å²) < 4.78 is 6.28. The molecule has 6 rings (SSSR count). The quantitative estimate of drug-likeness (QED) is 0.527. The molecular weight excluding hydrogens is 372 g/mol. The molecule has 4 nitrogen and oxygen atoms in total. The van der Waals surface area contributed by atoms with Crippen LogP contribution in [0.5, 0.6) is 0 Å². The molecule has 3 aliphatic heterocycles. The number of fused-ring (bicyclic) bond motifs is 4. The van der Waals surface area contributed by atoms with Crippen LogP contribution in [0.4, 0.5) is 0 Å². The van der Waals surface area contributed by atoms with Gasteiger partial charge in [-0.15, -0.1) is 6.58 Å². The van der Waals surface area contributed by atoms with E-state index in [1.165, 1.54) is 11.3 Å². The molecule has 3 saturated heterocycles. The molecule has 3 aromatic rings. The number of hydrogen-bond acceptors (Lipinski definition) is 3. The number of esters is 1. The number of nitrogens with one attached hydrogen (secondary N) is 1. The highest BCUT2D eigenvalue weighted by molar-refractivity contribution is 5.90. The van der Waals surface area contributed by atoms with Crippen molar-refractivity contribution in [1.29, 1.82) is 0 Å². The number of carbonyl (C=O) groups is 1. The van der Waals surface area contributed by atoms with Crippen LogP contribution in [0.1, 0.15) is 34.9 Å². The lowest BCUT2D eigenvalue weighted by atomic mass is 9.73. The monoisotopic (exact) mass is 399 g/mol. The van der Waals surface area contributed by atoms with Gasteiger partial charge in [-0.3, -0.25) is 4.98 Å². The maximum absolute atomic E-state index is 13.1. The number of benzene rings is 2. The van der Waals surface area contributed by atoms with Crippen molar-refractivity contribution in [3.05, 3.63) is 90.6 Å². The van der Waals surface area contributed by atoms with Crippen molar-refractivity contribution in [2.45, 2.75) is 25.0 Å². The van der Waals surface area contributed by atoms with Crippen molar-refractivity contribution >= 4 is 16.9 Å². The largest absolute Gasteiger partial charge is 0.447 e. The average molecular weight is 400 g/mol. The van der Waals surface area contributed by atoms with Gasteiger partial charge in [0, 0.05) is 35.9 Å². The zero-order chi connectivity index (χ0) is 20.5. The Balaban J connectivity index is 1.54. The zero-order valence-corrected chi connectivity index (χ0v) is 17.0. The number of nitrogens with zero attached hydrogens (tertiary/aromatic N) is 1. The van der Waals surface area contributed by atoms with Crippen molar-refractivity contribution < 1.29 is 14.4 Å². The zero-order valence-electron chi connectivity index (χ0n) is 17.0. The summed E-state index contributed by atoms with van der Waals surface area (Å²) >= 11 is 0. The third-order valence-corrected chi connectivity index (χ3v) is 6.92. The van der Waals surface area contributed by atoms with Gasteiger partial charge in [0.05, 0.1) is 24.2 Å². The van der Waals surface area contributed by atoms with Gasteiger partial charge in [-0.1, -0.05) is 42.5 Å². The first-order valence-corrected chi connectivity index (χ1v) is 10.8. The first-order valence-electron chi connectivity index (χ1n) is 10.8. The van der Waals surface area contributed by atoms with Crippen LogP contribution >= 0.6 is 0 Å². The predicted octanol–water partition coefficient (Wildman–Crippen LogP) is 3.61. The normalized spacial score (nSPS) is 26.3. The molecule has 4 heterocycles. The molecule has 30 heavy (non-hydrogen) atoms. The SMILES string of the molecule is C=C[C@@H]1C[NH+]2CC[C@H]1C[C@@H]2[C@@H](OC(=O)c1ccccc1)c1ccnc2ccccc12. The molecule has 0 aliphatic carbocycles. The van der Waals surface area contributed by atoms with Crippen molar-refractivity contribution in [3.63, 3.8) is 0 Å². The van der Waals surface area contributed by atoms with Gasteiger partial charge in [0.25, 0.3) is 0 Å². The van der Waals surface area contributed by atoms with Crippen LogP contribution in [-0.4, -0.2) is 30.1 Å². The second-order valence-corrected chi connectivity index (χ2v) is 8.51. The maximum Gasteiger partial charge on any atom is 0.338 e. The van der Waals surface area contributed by atoms with Gasteiger partial charge in [-0.05, 0) is 30.2 Å². The van der Waals surface area contributed by atoms with E-state index in [0.717, 1.165) is 36.0 Å². The number of rotatable bonds is 5. The minimum absolute atomic E-state index is 0.249. The van der Waals surface area contributed by atoms with Crippen LogP contribution in [0.3, 0.4) is 0 Å². The Morgan fingerprint density at radius 1 is 1.13 bits per heavy atom. The molecule has 4 heteroatoms. The lowest BCUT2D eigenvalue weighted by Crippen LogP contribution is -3.20. The average Bonchev–Trinajstić information content (AvgIpc) is 2.83. The number of aromatic nitrogens is 1. The lowest BCUT2D eigenvalue weighted by Gasteiger charge is -2.48.